The highest BCUT2D eigenvalue weighted by Gasteiger charge is 2.19. The smallest absolute Gasteiger partial charge is 0.200 e. The Morgan fingerprint density at radius 3 is 2.74 bits per heavy atom. The molecule has 2 aromatic carbocycles. The number of pyridine rings is 1. The van der Waals surface area contributed by atoms with E-state index in [0.29, 0.717) is 17.9 Å². The van der Waals surface area contributed by atoms with Crippen LogP contribution in [0.25, 0.3) is 22.8 Å². The summed E-state index contributed by atoms with van der Waals surface area (Å²) in [4.78, 5) is 15.5. The van der Waals surface area contributed by atoms with E-state index in [4.69, 9.17) is 0 Å². The topological polar surface area (TPSA) is 115 Å². The van der Waals surface area contributed by atoms with Gasteiger partial charge in [-0.1, -0.05) is 13.0 Å². The minimum atomic E-state index is -0.336. The average Bonchev–Trinajstić information content (AvgIpc) is 3.52. The lowest BCUT2D eigenvalue weighted by Gasteiger charge is -2.32. The molecule has 212 valence electrons. The number of allylic oxidation sites excluding steroid dienone is 3. The van der Waals surface area contributed by atoms with E-state index in [1.807, 2.05) is 73.7 Å². The maximum atomic E-state index is 10.1. The predicted molar refractivity (Wildman–Crippen MR) is 167 cm³/mol. The molecule has 0 radical (unpaired) electrons. The second-order valence-electron chi connectivity index (χ2n) is 10.1. The van der Waals surface area contributed by atoms with Crippen LogP contribution in [0.5, 0.6) is 0 Å². The monoisotopic (exact) mass is 558 g/mol. The molecule has 0 bridgehead atoms. The molecule has 0 saturated carbocycles. The Bertz CT molecular complexity index is 1630. The van der Waals surface area contributed by atoms with E-state index in [2.05, 4.69) is 49.3 Å². The van der Waals surface area contributed by atoms with Gasteiger partial charge in [0.1, 0.15) is 17.8 Å². The van der Waals surface area contributed by atoms with Gasteiger partial charge in [0.2, 0.25) is 0 Å². The van der Waals surface area contributed by atoms with E-state index >= 15 is 0 Å². The normalized spacial score (nSPS) is 16.0. The predicted octanol–water partition coefficient (Wildman–Crippen LogP) is 6.00. The molecule has 9 heteroatoms. The molecule has 1 aliphatic rings. The standard InChI is InChI=1S/C33H34N8O/c1-3-7-32(38-27-10-12-28(13-11-27)41-23-37-33(39-41)31-9-4-5-15-35-31)36-16-14-24(2)26-18-25(21-34)19-29(20-26)40-17-6-8-30(42)22-40/h4-5,7,9-16,18-20,23,30,38,42H,3,6,8,17,22H2,1-2H3/b24-14+,32-7-,36-16-. The summed E-state index contributed by atoms with van der Waals surface area (Å²) in [5.74, 6) is 1.31. The number of aromatic nitrogens is 4. The van der Waals surface area contributed by atoms with Gasteiger partial charge in [-0.15, -0.1) is 5.10 Å². The van der Waals surface area contributed by atoms with Crippen molar-refractivity contribution < 1.29 is 5.11 Å². The molecule has 1 saturated heterocycles. The number of rotatable bonds is 9. The van der Waals surface area contributed by atoms with Crippen LogP contribution >= 0.6 is 0 Å². The number of hydrogen-bond acceptors (Lipinski definition) is 8. The molecule has 0 spiro atoms. The number of β-amino-alcohol motifs (C(OH)–C–C–N with tert-alkyl or cyclic N) is 1. The molecule has 2 N–H and O–H groups in total. The van der Waals surface area contributed by atoms with Crippen LogP contribution in [0.3, 0.4) is 0 Å². The second kappa shape index (κ2) is 13.5. The number of aliphatic hydroxyl groups is 1. The Balaban J connectivity index is 1.27. The fourth-order valence-corrected chi connectivity index (χ4v) is 4.78. The summed E-state index contributed by atoms with van der Waals surface area (Å²) in [7, 11) is 0. The van der Waals surface area contributed by atoms with Crippen molar-refractivity contribution in [2.75, 3.05) is 23.3 Å². The zero-order valence-corrected chi connectivity index (χ0v) is 23.9. The zero-order valence-electron chi connectivity index (χ0n) is 23.9. The molecule has 42 heavy (non-hydrogen) atoms. The number of anilines is 2. The van der Waals surface area contributed by atoms with E-state index in [9.17, 15) is 10.4 Å². The molecule has 0 aliphatic carbocycles. The molecule has 5 rings (SSSR count). The number of nitriles is 1. The number of benzene rings is 2. The molecular formula is C33H34N8O. The van der Waals surface area contributed by atoms with Crippen LogP contribution in [0.1, 0.15) is 44.2 Å². The molecule has 1 unspecified atom stereocenters. The third kappa shape index (κ3) is 7.16. The number of aliphatic imine (C=N–C) groups is 1. The van der Waals surface area contributed by atoms with Gasteiger partial charge in [0.05, 0.1) is 23.4 Å². The van der Waals surface area contributed by atoms with Gasteiger partial charge in [-0.05, 0) is 104 Å². The van der Waals surface area contributed by atoms with Crippen molar-refractivity contribution in [1.82, 2.24) is 19.7 Å². The summed E-state index contributed by atoms with van der Waals surface area (Å²) in [5, 5.41) is 27.7. The third-order valence-electron chi connectivity index (χ3n) is 6.99. The lowest BCUT2D eigenvalue weighted by molar-refractivity contribution is 0.154. The maximum absolute atomic E-state index is 10.1. The van der Waals surface area contributed by atoms with Crippen LogP contribution in [-0.2, 0) is 0 Å². The second-order valence-corrected chi connectivity index (χ2v) is 10.1. The SMILES string of the molecule is CC/C=C(/N=C\C=C(/C)c1cc(C#N)cc(N2CCCC(O)C2)c1)Nc1ccc(-n2cnc(-c3ccccn3)n2)cc1. The van der Waals surface area contributed by atoms with Gasteiger partial charge in [0.25, 0.3) is 0 Å². The molecule has 2 aromatic heterocycles. The Kier molecular flexibility index (Phi) is 9.17. The van der Waals surface area contributed by atoms with E-state index in [-0.39, 0.29) is 6.10 Å². The van der Waals surface area contributed by atoms with Crippen LogP contribution in [0.15, 0.2) is 96.2 Å². The third-order valence-corrected chi connectivity index (χ3v) is 6.99. The van der Waals surface area contributed by atoms with Crippen molar-refractivity contribution in [3.05, 3.63) is 102 Å². The van der Waals surface area contributed by atoms with E-state index in [1.165, 1.54) is 0 Å². The van der Waals surface area contributed by atoms with Gasteiger partial charge in [-0.2, -0.15) is 5.26 Å². The maximum Gasteiger partial charge on any atom is 0.200 e. The van der Waals surface area contributed by atoms with E-state index in [0.717, 1.165) is 65.5 Å². The fraction of sp³-hybridized carbons (Fsp3) is 0.242. The Morgan fingerprint density at radius 2 is 2.00 bits per heavy atom. The van der Waals surface area contributed by atoms with Gasteiger partial charge in [-0.25, -0.2) is 14.7 Å². The first-order valence-electron chi connectivity index (χ1n) is 14.1. The summed E-state index contributed by atoms with van der Waals surface area (Å²) in [6, 6.07) is 21.7. The summed E-state index contributed by atoms with van der Waals surface area (Å²) in [6.45, 7) is 5.54. The van der Waals surface area contributed by atoms with Crippen molar-refractivity contribution in [1.29, 1.82) is 5.26 Å². The first-order valence-corrected chi connectivity index (χ1v) is 14.1. The van der Waals surface area contributed by atoms with Crippen LogP contribution in [-0.4, -0.2) is 50.3 Å². The average molecular weight is 559 g/mol. The number of hydrogen-bond donors (Lipinski definition) is 2. The first-order chi connectivity index (χ1) is 20.5. The summed E-state index contributed by atoms with van der Waals surface area (Å²) in [6.07, 6.45) is 11.4. The molecule has 1 aliphatic heterocycles. The Morgan fingerprint density at radius 1 is 1.14 bits per heavy atom. The largest absolute Gasteiger partial charge is 0.391 e. The van der Waals surface area contributed by atoms with Gasteiger partial charge in [0.15, 0.2) is 5.82 Å². The van der Waals surface area contributed by atoms with Crippen molar-refractivity contribution >= 4 is 23.2 Å². The van der Waals surface area contributed by atoms with Crippen LogP contribution in [0.4, 0.5) is 11.4 Å². The van der Waals surface area contributed by atoms with Gasteiger partial charge in [-0.3, -0.25) is 4.98 Å². The molecule has 9 nitrogen and oxygen atoms in total. The fourth-order valence-electron chi connectivity index (χ4n) is 4.78. The lowest BCUT2D eigenvalue weighted by atomic mass is 10.0. The van der Waals surface area contributed by atoms with Crippen LogP contribution < -0.4 is 10.2 Å². The van der Waals surface area contributed by atoms with Crippen molar-refractivity contribution in [2.45, 2.75) is 39.2 Å². The van der Waals surface area contributed by atoms with Gasteiger partial charge in [0, 0.05) is 36.9 Å². The molecule has 1 fully saturated rings. The Labute approximate surface area is 246 Å². The number of piperidine rings is 1. The molecule has 4 aromatic rings. The number of aliphatic hydroxyl groups excluding tert-OH is 1. The highest BCUT2D eigenvalue weighted by Crippen LogP contribution is 2.26. The molecule has 3 heterocycles. The quantitative estimate of drug-likeness (QED) is 0.242. The zero-order chi connectivity index (χ0) is 29.3. The molecule has 1 atom stereocenters. The number of nitrogens with one attached hydrogen (secondary N) is 1. The molecule has 0 amide bonds. The highest BCUT2D eigenvalue weighted by atomic mass is 16.3. The van der Waals surface area contributed by atoms with Crippen molar-refractivity contribution in [3.63, 3.8) is 0 Å². The van der Waals surface area contributed by atoms with Crippen molar-refractivity contribution in [3.8, 4) is 23.3 Å². The lowest BCUT2D eigenvalue weighted by Crippen LogP contribution is -2.38. The van der Waals surface area contributed by atoms with E-state index in [1.54, 1.807) is 23.4 Å². The van der Waals surface area contributed by atoms with Crippen molar-refractivity contribution in [2.24, 2.45) is 4.99 Å². The summed E-state index contributed by atoms with van der Waals surface area (Å²) < 4.78 is 1.72. The molecular weight excluding hydrogens is 524 g/mol. The Hall–Kier alpha value is -5.07. The van der Waals surface area contributed by atoms with Crippen LogP contribution in [0, 0.1) is 11.3 Å². The number of nitrogens with zero attached hydrogens (tertiary/aromatic N) is 7. The van der Waals surface area contributed by atoms with Crippen LogP contribution in [0.2, 0.25) is 0 Å². The first kappa shape index (κ1) is 28.5. The minimum absolute atomic E-state index is 0.336. The van der Waals surface area contributed by atoms with Gasteiger partial charge >= 0.3 is 0 Å². The van der Waals surface area contributed by atoms with E-state index < -0.39 is 0 Å². The van der Waals surface area contributed by atoms with Gasteiger partial charge < -0.3 is 15.3 Å². The minimum Gasteiger partial charge on any atom is -0.391 e. The summed E-state index contributed by atoms with van der Waals surface area (Å²) >= 11 is 0. The highest BCUT2D eigenvalue weighted by molar-refractivity contribution is 5.85. The summed E-state index contributed by atoms with van der Waals surface area (Å²) in [5.41, 5.74) is 6.02.